The number of nitrogens with zero attached hydrogens (tertiary/aromatic N) is 3. The molecule has 0 aliphatic heterocycles. The van der Waals surface area contributed by atoms with Gasteiger partial charge in [0.05, 0.1) is 24.6 Å². The van der Waals surface area contributed by atoms with Gasteiger partial charge in [0.25, 0.3) is 0 Å². The lowest BCUT2D eigenvalue weighted by Gasteiger charge is -2.25. The highest BCUT2D eigenvalue weighted by atomic mass is 32.2. The van der Waals surface area contributed by atoms with Crippen LogP contribution in [0.1, 0.15) is 24.8 Å². The zero-order chi connectivity index (χ0) is 16.4. The van der Waals surface area contributed by atoms with Crippen molar-refractivity contribution in [2.75, 3.05) is 12.9 Å². The minimum Gasteiger partial charge on any atom is -0.378 e. The van der Waals surface area contributed by atoms with Gasteiger partial charge in [-0.3, -0.25) is 0 Å². The van der Waals surface area contributed by atoms with Gasteiger partial charge in [-0.2, -0.15) is 5.10 Å². The number of rotatable bonds is 6. The van der Waals surface area contributed by atoms with E-state index in [2.05, 4.69) is 46.7 Å². The van der Waals surface area contributed by atoms with Gasteiger partial charge in [0.15, 0.2) is 5.65 Å². The van der Waals surface area contributed by atoms with E-state index in [1.807, 2.05) is 17.1 Å². The van der Waals surface area contributed by atoms with E-state index < -0.39 is 0 Å². The van der Waals surface area contributed by atoms with Crippen LogP contribution in [0, 0.1) is 0 Å². The monoisotopic (exact) mass is 339 g/mol. The highest BCUT2D eigenvalue weighted by Crippen LogP contribution is 2.23. The van der Waals surface area contributed by atoms with Gasteiger partial charge in [-0.05, 0) is 67.8 Å². The number of hydrogen-bond donors (Lipinski definition) is 0. The Bertz CT molecular complexity index is 824. The van der Waals surface area contributed by atoms with Crippen molar-refractivity contribution in [3.05, 3.63) is 48.3 Å². The van der Waals surface area contributed by atoms with Crippen LogP contribution in [0.4, 0.5) is 0 Å². The van der Waals surface area contributed by atoms with E-state index in [0.717, 1.165) is 29.7 Å². The van der Waals surface area contributed by atoms with Gasteiger partial charge >= 0.3 is 0 Å². The second-order valence-electron chi connectivity index (χ2n) is 6.18. The second kappa shape index (κ2) is 6.95. The Kier molecular flexibility index (Phi) is 4.54. The Morgan fingerprint density at radius 3 is 2.75 bits per heavy atom. The van der Waals surface area contributed by atoms with Crippen molar-refractivity contribution in [1.29, 1.82) is 0 Å². The molecule has 0 spiro atoms. The molecule has 0 unspecified atom stereocenters. The molecule has 0 bridgehead atoms. The summed E-state index contributed by atoms with van der Waals surface area (Å²) in [4.78, 5) is 5.88. The molecule has 4 nitrogen and oxygen atoms in total. The number of hydrogen-bond acceptors (Lipinski definition) is 4. The van der Waals surface area contributed by atoms with Crippen molar-refractivity contribution in [2.24, 2.45) is 0 Å². The largest absolute Gasteiger partial charge is 0.378 e. The maximum Gasteiger partial charge on any atom is 0.162 e. The second-order valence-corrected chi connectivity index (χ2v) is 7.06. The van der Waals surface area contributed by atoms with Gasteiger partial charge in [-0.1, -0.05) is 0 Å². The number of pyridine rings is 1. The molecule has 0 amide bonds. The number of ether oxygens (including phenoxy) is 1. The predicted octanol–water partition coefficient (Wildman–Crippen LogP) is 4.25. The molecule has 124 valence electrons. The zero-order valence-electron chi connectivity index (χ0n) is 13.8. The van der Waals surface area contributed by atoms with Gasteiger partial charge in [-0.15, -0.1) is 11.8 Å². The Hall–Kier alpha value is -1.85. The van der Waals surface area contributed by atoms with Crippen molar-refractivity contribution < 1.29 is 4.74 Å². The molecule has 1 aliphatic carbocycles. The molecule has 5 heteroatoms. The van der Waals surface area contributed by atoms with Gasteiger partial charge in [0.1, 0.15) is 0 Å². The van der Waals surface area contributed by atoms with Crippen molar-refractivity contribution in [3.63, 3.8) is 0 Å². The molecule has 4 rings (SSSR count). The summed E-state index contributed by atoms with van der Waals surface area (Å²) in [7, 11) is 0. The standard InChI is InChI=1S/C19H21N3OS/c1-24-18-7-5-16(6-8-18)22-19-15(13-21-22)11-14(12-20-19)9-10-23-17-3-2-4-17/h5-8,11-13,17H,2-4,9-10H2,1H3. The first kappa shape index (κ1) is 15.7. The average molecular weight is 339 g/mol. The fourth-order valence-corrected chi connectivity index (χ4v) is 3.30. The number of fused-ring (bicyclic) bond motifs is 1. The third-order valence-electron chi connectivity index (χ3n) is 4.58. The lowest BCUT2D eigenvalue weighted by Crippen LogP contribution is -2.22. The molecule has 0 atom stereocenters. The third kappa shape index (κ3) is 3.19. The van der Waals surface area contributed by atoms with Gasteiger partial charge in [0.2, 0.25) is 0 Å². The van der Waals surface area contributed by atoms with Crippen LogP contribution in [0.5, 0.6) is 0 Å². The maximum absolute atomic E-state index is 5.84. The summed E-state index contributed by atoms with van der Waals surface area (Å²) in [5, 5.41) is 5.58. The van der Waals surface area contributed by atoms with E-state index in [-0.39, 0.29) is 0 Å². The molecule has 0 radical (unpaired) electrons. The third-order valence-corrected chi connectivity index (χ3v) is 5.32. The SMILES string of the molecule is CSc1ccc(-n2ncc3cc(CCOC4CCC4)cnc32)cc1. The molecule has 3 aromatic rings. The van der Waals surface area contributed by atoms with Gasteiger partial charge in [0, 0.05) is 16.5 Å². The smallest absolute Gasteiger partial charge is 0.162 e. The zero-order valence-corrected chi connectivity index (χ0v) is 14.6. The molecule has 0 N–H and O–H groups in total. The molecule has 1 saturated carbocycles. The molecule has 24 heavy (non-hydrogen) atoms. The molecular weight excluding hydrogens is 318 g/mol. The van der Waals surface area contributed by atoms with Gasteiger partial charge in [-0.25, -0.2) is 9.67 Å². The van der Waals surface area contributed by atoms with Gasteiger partial charge < -0.3 is 4.74 Å². The summed E-state index contributed by atoms with van der Waals surface area (Å²) in [6, 6.07) is 10.6. The number of thioether (sulfide) groups is 1. The normalized spacial score (nSPS) is 14.9. The van der Waals surface area contributed by atoms with Crippen molar-refractivity contribution in [2.45, 2.75) is 36.7 Å². The highest BCUT2D eigenvalue weighted by Gasteiger charge is 2.17. The van der Waals surface area contributed by atoms with Crippen LogP contribution >= 0.6 is 11.8 Å². The first-order valence-corrected chi connectivity index (χ1v) is 9.64. The van der Waals surface area contributed by atoms with E-state index in [9.17, 15) is 0 Å². The van der Waals surface area contributed by atoms with E-state index in [1.165, 1.54) is 29.7 Å². The number of aromatic nitrogens is 3. The summed E-state index contributed by atoms with van der Waals surface area (Å²) in [6.07, 6.45) is 11.1. The summed E-state index contributed by atoms with van der Waals surface area (Å²) in [5.74, 6) is 0. The van der Waals surface area contributed by atoms with E-state index in [1.54, 1.807) is 11.8 Å². The van der Waals surface area contributed by atoms with Crippen molar-refractivity contribution in [1.82, 2.24) is 14.8 Å². The highest BCUT2D eigenvalue weighted by molar-refractivity contribution is 7.98. The number of benzene rings is 1. The lowest BCUT2D eigenvalue weighted by atomic mass is 9.96. The van der Waals surface area contributed by atoms with Crippen LogP contribution in [0.3, 0.4) is 0 Å². The van der Waals surface area contributed by atoms with E-state index in [4.69, 9.17) is 4.74 Å². The van der Waals surface area contributed by atoms with Crippen LogP contribution < -0.4 is 0 Å². The van der Waals surface area contributed by atoms with Crippen LogP contribution in [0.15, 0.2) is 47.6 Å². The van der Waals surface area contributed by atoms with Crippen LogP contribution in [0.2, 0.25) is 0 Å². The fourth-order valence-electron chi connectivity index (χ4n) is 2.90. The summed E-state index contributed by atoms with van der Waals surface area (Å²) in [5.41, 5.74) is 3.14. The Balaban J connectivity index is 1.51. The minimum absolute atomic E-state index is 0.494. The summed E-state index contributed by atoms with van der Waals surface area (Å²) < 4.78 is 7.74. The lowest BCUT2D eigenvalue weighted by molar-refractivity contribution is 0.00412. The van der Waals surface area contributed by atoms with E-state index in [0.29, 0.717) is 6.10 Å². The quantitative estimate of drug-likeness (QED) is 0.629. The molecule has 0 saturated heterocycles. The topological polar surface area (TPSA) is 39.9 Å². The first-order chi connectivity index (χ1) is 11.8. The van der Waals surface area contributed by atoms with E-state index >= 15 is 0 Å². The molecule has 2 aromatic heterocycles. The van der Waals surface area contributed by atoms with Crippen LogP contribution in [-0.2, 0) is 11.2 Å². The van der Waals surface area contributed by atoms with Crippen LogP contribution in [0.25, 0.3) is 16.7 Å². The summed E-state index contributed by atoms with van der Waals surface area (Å²) >= 11 is 1.74. The maximum atomic E-state index is 5.84. The summed E-state index contributed by atoms with van der Waals surface area (Å²) in [6.45, 7) is 0.780. The average Bonchev–Trinajstić information content (AvgIpc) is 3.00. The molecular formula is C19H21N3OS. The Morgan fingerprint density at radius 1 is 1.21 bits per heavy atom. The molecule has 1 aromatic carbocycles. The van der Waals surface area contributed by atoms with Crippen LogP contribution in [-0.4, -0.2) is 33.7 Å². The molecule has 1 aliphatic rings. The molecule has 2 heterocycles. The Labute approximate surface area is 146 Å². The van der Waals surface area contributed by atoms with Crippen molar-refractivity contribution >= 4 is 22.8 Å². The first-order valence-electron chi connectivity index (χ1n) is 8.42. The molecule has 1 fully saturated rings. The fraction of sp³-hybridized carbons (Fsp3) is 0.368. The van der Waals surface area contributed by atoms with Crippen molar-refractivity contribution in [3.8, 4) is 5.69 Å². The predicted molar refractivity (Wildman–Crippen MR) is 97.9 cm³/mol. The minimum atomic E-state index is 0.494. The Morgan fingerprint density at radius 2 is 2.04 bits per heavy atom.